The summed E-state index contributed by atoms with van der Waals surface area (Å²) >= 11 is 0. The van der Waals surface area contributed by atoms with Gasteiger partial charge in [0.1, 0.15) is 0 Å². The molecule has 0 heterocycles. The van der Waals surface area contributed by atoms with Crippen LogP contribution in [0, 0.1) is 10.1 Å². The molecule has 1 saturated carbocycles. The number of rotatable bonds is 9. The van der Waals surface area contributed by atoms with Crippen LogP contribution in [0.4, 0.5) is 5.69 Å². The van der Waals surface area contributed by atoms with Crippen molar-refractivity contribution in [3.05, 3.63) is 39.9 Å². The number of hydrogen-bond acceptors (Lipinski definition) is 4. The highest BCUT2D eigenvalue weighted by Gasteiger charge is 2.22. The number of para-hydroxylation sites is 1. The largest absolute Gasteiger partial charge is 0.353 e. The zero-order chi connectivity index (χ0) is 15.1. The summed E-state index contributed by atoms with van der Waals surface area (Å²) in [4.78, 5) is 22.0. The standard InChI is InChI=1S/C15H21N3O3/c19-15(17-13-7-8-13)6-3-10-16-11-9-12-4-1-2-5-14(12)18(20)21/h1-2,4-5,13,16H,3,6-11H2,(H,17,19). The van der Waals surface area contributed by atoms with E-state index in [1.54, 1.807) is 12.1 Å². The number of nitrogens with zero attached hydrogens (tertiary/aromatic N) is 1. The van der Waals surface area contributed by atoms with Crippen LogP contribution in [0.2, 0.25) is 0 Å². The second-order valence-corrected chi connectivity index (χ2v) is 5.33. The lowest BCUT2D eigenvalue weighted by Crippen LogP contribution is -2.26. The molecule has 0 atom stereocenters. The summed E-state index contributed by atoms with van der Waals surface area (Å²) in [6, 6.07) is 7.21. The van der Waals surface area contributed by atoms with Gasteiger partial charge in [0, 0.05) is 24.1 Å². The monoisotopic (exact) mass is 291 g/mol. The lowest BCUT2D eigenvalue weighted by Gasteiger charge is -2.06. The van der Waals surface area contributed by atoms with Gasteiger partial charge < -0.3 is 10.6 Å². The highest BCUT2D eigenvalue weighted by atomic mass is 16.6. The van der Waals surface area contributed by atoms with Crippen molar-refractivity contribution in [3.8, 4) is 0 Å². The van der Waals surface area contributed by atoms with Gasteiger partial charge in [-0.3, -0.25) is 14.9 Å². The zero-order valence-corrected chi connectivity index (χ0v) is 12.0. The van der Waals surface area contributed by atoms with Crippen molar-refractivity contribution in [1.82, 2.24) is 10.6 Å². The second-order valence-electron chi connectivity index (χ2n) is 5.33. The molecule has 2 rings (SSSR count). The average molecular weight is 291 g/mol. The van der Waals surface area contributed by atoms with Gasteiger partial charge in [-0.05, 0) is 38.8 Å². The molecule has 0 aliphatic heterocycles. The number of nitrogens with one attached hydrogen (secondary N) is 2. The van der Waals surface area contributed by atoms with Crippen molar-refractivity contribution in [2.75, 3.05) is 13.1 Å². The minimum Gasteiger partial charge on any atom is -0.353 e. The summed E-state index contributed by atoms with van der Waals surface area (Å²) < 4.78 is 0. The molecule has 0 radical (unpaired) electrons. The molecular formula is C15H21N3O3. The summed E-state index contributed by atoms with van der Waals surface area (Å²) in [5.41, 5.74) is 0.907. The third kappa shape index (κ3) is 5.51. The number of benzene rings is 1. The molecule has 0 unspecified atom stereocenters. The quantitative estimate of drug-likeness (QED) is 0.413. The number of nitro groups is 1. The highest BCUT2D eigenvalue weighted by molar-refractivity contribution is 5.76. The predicted octanol–water partition coefficient (Wildman–Crippen LogP) is 1.79. The van der Waals surface area contributed by atoms with Gasteiger partial charge in [0.05, 0.1) is 4.92 Å². The first-order valence-corrected chi connectivity index (χ1v) is 7.39. The summed E-state index contributed by atoms with van der Waals surface area (Å²) in [6.07, 6.45) is 4.16. The van der Waals surface area contributed by atoms with Crippen molar-refractivity contribution >= 4 is 11.6 Å². The molecule has 21 heavy (non-hydrogen) atoms. The SMILES string of the molecule is O=C(CCCNCCc1ccccc1[N+](=O)[O-])NC1CC1. The van der Waals surface area contributed by atoms with E-state index in [1.807, 2.05) is 6.07 Å². The van der Waals surface area contributed by atoms with E-state index in [9.17, 15) is 14.9 Å². The lowest BCUT2D eigenvalue weighted by molar-refractivity contribution is -0.385. The Kier molecular flexibility index (Phi) is 5.68. The molecular weight excluding hydrogens is 270 g/mol. The molecule has 114 valence electrons. The number of hydrogen-bond donors (Lipinski definition) is 2. The molecule has 1 amide bonds. The van der Waals surface area contributed by atoms with E-state index < -0.39 is 0 Å². The maximum atomic E-state index is 11.5. The Bertz CT molecular complexity index is 501. The first-order chi connectivity index (χ1) is 10.2. The molecule has 0 aromatic heterocycles. The van der Waals surface area contributed by atoms with Crippen molar-refractivity contribution in [3.63, 3.8) is 0 Å². The highest BCUT2D eigenvalue weighted by Crippen LogP contribution is 2.19. The zero-order valence-electron chi connectivity index (χ0n) is 12.0. The van der Waals surface area contributed by atoms with E-state index >= 15 is 0 Å². The number of amides is 1. The minimum atomic E-state index is -0.350. The fraction of sp³-hybridized carbons (Fsp3) is 0.533. The molecule has 1 aromatic carbocycles. The molecule has 1 aliphatic carbocycles. The molecule has 0 bridgehead atoms. The van der Waals surface area contributed by atoms with Crippen LogP contribution in [0.25, 0.3) is 0 Å². The Morgan fingerprint density at radius 3 is 2.76 bits per heavy atom. The number of nitro benzene ring substituents is 1. The van der Waals surface area contributed by atoms with Gasteiger partial charge in [-0.15, -0.1) is 0 Å². The van der Waals surface area contributed by atoms with Crippen LogP contribution in [0.5, 0.6) is 0 Å². The number of carbonyl (C=O) groups is 1. The first-order valence-electron chi connectivity index (χ1n) is 7.39. The topological polar surface area (TPSA) is 84.3 Å². The van der Waals surface area contributed by atoms with Crippen molar-refractivity contribution < 1.29 is 9.72 Å². The first kappa shape index (κ1) is 15.4. The van der Waals surface area contributed by atoms with Gasteiger partial charge in [-0.1, -0.05) is 18.2 Å². The molecule has 1 fully saturated rings. The molecule has 6 nitrogen and oxygen atoms in total. The third-order valence-corrected chi connectivity index (χ3v) is 3.46. The Morgan fingerprint density at radius 2 is 2.05 bits per heavy atom. The summed E-state index contributed by atoms with van der Waals surface area (Å²) in [6.45, 7) is 1.42. The Morgan fingerprint density at radius 1 is 1.29 bits per heavy atom. The van der Waals surface area contributed by atoms with Gasteiger partial charge in [-0.25, -0.2) is 0 Å². The summed E-state index contributed by atoms with van der Waals surface area (Å²) in [5.74, 6) is 0.123. The van der Waals surface area contributed by atoms with E-state index in [0.717, 1.165) is 31.4 Å². The van der Waals surface area contributed by atoms with E-state index in [1.165, 1.54) is 6.07 Å². The fourth-order valence-corrected chi connectivity index (χ4v) is 2.15. The smallest absolute Gasteiger partial charge is 0.272 e. The fourth-order valence-electron chi connectivity index (χ4n) is 2.15. The molecule has 6 heteroatoms. The van der Waals surface area contributed by atoms with Crippen LogP contribution in [0.15, 0.2) is 24.3 Å². The van der Waals surface area contributed by atoms with Crippen molar-refractivity contribution in [1.29, 1.82) is 0 Å². The Labute approximate surface area is 124 Å². The molecule has 0 spiro atoms. The van der Waals surface area contributed by atoms with Crippen LogP contribution in [-0.2, 0) is 11.2 Å². The average Bonchev–Trinajstić information content (AvgIpc) is 3.26. The van der Waals surface area contributed by atoms with Crippen molar-refractivity contribution in [2.45, 2.75) is 38.1 Å². The molecule has 2 N–H and O–H groups in total. The predicted molar refractivity (Wildman–Crippen MR) is 80.1 cm³/mol. The van der Waals surface area contributed by atoms with Gasteiger partial charge in [0.2, 0.25) is 5.91 Å². The van der Waals surface area contributed by atoms with E-state index in [0.29, 0.717) is 25.4 Å². The van der Waals surface area contributed by atoms with Gasteiger partial charge in [-0.2, -0.15) is 0 Å². The summed E-state index contributed by atoms with van der Waals surface area (Å²) in [5, 5.41) is 17.0. The van der Waals surface area contributed by atoms with Gasteiger partial charge in [0.25, 0.3) is 5.69 Å². The maximum absolute atomic E-state index is 11.5. The van der Waals surface area contributed by atoms with E-state index in [4.69, 9.17) is 0 Å². The lowest BCUT2D eigenvalue weighted by atomic mass is 10.1. The maximum Gasteiger partial charge on any atom is 0.272 e. The van der Waals surface area contributed by atoms with Crippen molar-refractivity contribution in [2.24, 2.45) is 0 Å². The van der Waals surface area contributed by atoms with Crippen LogP contribution in [0.1, 0.15) is 31.2 Å². The normalized spacial score (nSPS) is 13.9. The molecule has 1 aliphatic rings. The Balaban J connectivity index is 1.59. The Hall–Kier alpha value is -1.95. The van der Waals surface area contributed by atoms with Crippen LogP contribution in [-0.4, -0.2) is 30.0 Å². The van der Waals surface area contributed by atoms with Gasteiger partial charge in [0.15, 0.2) is 0 Å². The van der Waals surface area contributed by atoms with E-state index in [2.05, 4.69) is 10.6 Å². The molecule has 0 saturated heterocycles. The van der Waals surface area contributed by atoms with Crippen LogP contribution >= 0.6 is 0 Å². The summed E-state index contributed by atoms with van der Waals surface area (Å²) in [7, 11) is 0. The van der Waals surface area contributed by atoms with E-state index in [-0.39, 0.29) is 16.5 Å². The number of carbonyl (C=O) groups excluding carboxylic acids is 1. The van der Waals surface area contributed by atoms with Crippen LogP contribution in [0.3, 0.4) is 0 Å². The minimum absolute atomic E-state index is 0.123. The second kappa shape index (κ2) is 7.73. The molecule has 1 aromatic rings. The van der Waals surface area contributed by atoms with Gasteiger partial charge >= 0.3 is 0 Å². The van der Waals surface area contributed by atoms with Crippen LogP contribution < -0.4 is 10.6 Å². The third-order valence-electron chi connectivity index (χ3n) is 3.46.